The number of carbonyl (C=O) groups excluding carboxylic acids is 2. The van der Waals surface area contributed by atoms with Crippen LogP contribution in [-0.2, 0) is 4.79 Å². The lowest BCUT2D eigenvalue weighted by atomic mass is 10.1. The van der Waals surface area contributed by atoms with E-state index in [1.165, 1.54) is 4.90 Å². The molecule has 2 N–H and O–H groups in total. The largest absolute Gasteiger partial charge is 0.396 e. The molecule has 1 aliphatic heterocycles. The second-order valence-corrected chi connectivity index (χ2v) is 5.31. The van der Waals surface area contributed by atoms with Gasteiger partial charge in [0.25, 0.3) is 5.91 Å². The number of benzene rings is 1. The molecule has 1 aromatic rings. The van der Waals surface area contributed by atoms with Gasteiger partial charge in [-0.1, -0.05) is 31.7 Å². The first-order valence-corrected chi connectivity index (χ1v) is 7.02. The van der Waals surface area contributed by atoms with Gasteiger partial charge in [-0.15, -0.1) is 0 Å². The van der Waals surface area contributed by atoms with Gasteiger partial charge in [0, 0.05) is 30.0 Å². The molecule has 21 heavy (non-hydrogen) atoms. The lowest BCUT2D eigenvalue weighted by Crippen LogP contribution is -2.38. The monoisotopic (exact) mass is 288 g/mol. The molecule has 112 valence electrons. The van der Waals surface area contributed by atoms with Crippen molar-refractivity contribution < 1.29 is 14.7 Å². The zero-order valence-electron chi connectivity index (χ0n) is 12.1. The van der Waals surface area contributed by atoms with E-state index < -0.39 is 0 Å². The standard InChI is InChI=1S/C16H20N2O3/c1-11(7-8-19)9-17-15(20)10-18-12(2)13-5-3-4-6-14(13)16(18)21/h3-6,11,19H,2,7-10H2,1H3,(H,17,20). The van der Waals surface area contributed by atoms with Crippen LogP contribution in [0.4, 0.5) is 0 Å². The molecular weight excluding hydrogens is 268 g/mol. The van der Waals surface area contributed by atoms with Crippen molar-refractivity contribution in [3.8, 4) is 0 Å². The molecule has 5 nitrogen and oxygen atoms in total. The maximum atomic E-state index is 12.2. The number of aliphatic hydroxyl groups is 1. The summed E-state index contributed by atoms with van der Waals surface area (Å²) >= 11 is 0. The number of nitrogens with one attached hydrogen (secondary N) is 1. The van der Waals surface area contributed by atoms with Gasteiger partial charge in [0.15, 0.2) is 0 Å². The normalized spacial score (nSPS) is 15.0. The number of fused-ring (bicyclic) bond motifs is 1. The van der Waals surface area contributed by atoms with Crippen molar-refractivity contribution in [2.75, 3.05) is 19.7 Å². The topological polar surface area (TPSA) is 69.6 Å². The second kappa shape index (κ2) is 6.54. The lowest BCUT2D eigenvalue weighted by Gasteiger charge is -2.18. The van der Waals surface area contributed by atoms with Gasteiger partial charge in [-0.2, -0.15) is 0 Å². The van der Waals surface area contributed by atoms with Gasteiger partial charge in [0.1, 0.15) is 6.54 Å². The fourth-order valence-corrected chi connectivity index (χ4v) is 2.31. The highest BCUT2D eigenvalue weighted by molar-refractivity contribution is 6.10. The number of aliphatic hydroxyl groups excluding tert-OH is 1. The summed E-state index contributed by atoms with van der Waals surface area (Å²) in [6, 6.07) is 7.21. The van der Waals surface area contributed by atoms with E-state index in [-0.39, 0.29) is 30.9 Å². The number of hydrogen-bond acceptors (Lipinski definition) is 3. The zero-order valence-corrected chi connectivity index (χ0v) is 12.1. The van der Waals surface area contributed by atoms with Crippen molar-refractivity contribution >= 4 is 17.5 Å². The third kappa shape index (κ3) is 3.31. The molecule has 1 aliphatic rings. The Morgan fingerprint density at radius 3 is 2.67 bits per heavy atom. The summed E-state index contributed by atoms with van der Waals surface area (Å²) in [6.45, 7) is 6.41. The van der Waals surface area contributed by atoms with Crippen molar-refractivity contribution in [3.05, 3.63) is 42.0 Å². The summed E-state index contributed by atoms with van der Waals surface area (Å²) in [5, 5.41) is 11.6. The quantitative estimate of drug-likeness (QED) is 0.827. The minimum atomic E-state index is -0.220. The molecular formula is C16H20N2O3. The summed E-state index contributed by atoms with van der Waals surface area (Å²) in [4.78, 5) is 25.6. The van der Waals surface area contributed by atoms with Crippen LogP contribution in [0, 0.1) is 5.92 Å². The van der Waals surface area contributed by atoms with Gasteiger partial charge < -0.3 is 10.4 Å². The van der Waals surface area contributed by atoms with Crippen LogP contribution in [0.5, 0.6) is 0 Å². The first kappa shape index (κ1) is 15.3. The highest BCUT2D eigenvalue weighted by atomic mass is 16.3. The number of rotatable bonds is 6. The minimum Gasteiger partial charge on any atom is -0.396 e. The first-order valence-electron chi connectivity index (χ1n) is 7.02. The predicted molar refractivity (Wildman–Crippen MR) is 80.4 cm³/mol. The molecule has 1 heterocycles. The Labute approximate surface area is 124 Å². The average Bonchev–Trinajstić information content (AvgIpc) is 2.71. The van der Waals surface area contributed by atoms with Crippen LogP contribution in [0.2, 0.25) is 0 Å². The Morgan fingerprint density at radius 1 is 1.38 bits per heavy atom. The molecule has 0 aromatic heterocycles. The van der Waals surface area contributed by atoms with E-state index in [0.29, 0.717) is 24.2 Å². The van der Waals surface area contributed by atoms with Gasteiger partial charge in [0.2, 0.25) is 5.91 Å². The summed E-state index contributed by atoms with van der Waals surface area (Å²) in [7, 11) is 0. The molecule has 1 unspecified atom stereocenters. The highest BCUT2D eigenvalue weighted by Crippen LogP contribution is 2.30. The van der Waals surface area contributed by atoms with Crippen LogP contribution in [0.15, 0.2) is 30.8 Å². The molecule has 0 spiro atoms. The van der Waals surface area contributed by atoms with E-state index in [2.05, 4.69) is 11.9 Å². The third-order valence-electron chi connectivity index (χ3n) is 3.61. The van der Waals surface area contributed by atoms with Crippen molar-refractivity contribution in [1.82, 2.24) is 10.2 Å². The third-order valence-corrected chi connectivity index (χ3v) is 3.61. The van der Waals surface area contributed by atoms with Crippen LogP contribution in [-0.4, -0.2) is 41.5 Å². The van der Waals surface area contributed by atoms with Gasteiger partial charge in [-0.05, 0) is 18.4 Å². The summed E-state index contributed by atoms with van der Waals surface area (Å²) in [5.41, 5.74) is 1.93. The molecule has 1 atom stereocenters. The van der Waals surface area contributed by atoms with E-state index in [0.717, 1.165) is 5.56 Å². The maximum Gasteiger partial charge on any atom is 0.259 e. The van der Waals surface area contributed by atoms with Gasteiger partial charge >= 0.3 is 0 Å². The first-order chi connectivity index (χ1) is 10.0. The number of carbonyl (C=O) groups is 2. The van der Waals surface area contributed by atoms with Crippen molar-refractivity contribution in [2.24, 2.45) is 5.92 Å². The second-order valence-electron chi connectivity index (χ2n) is 5.31. The zero-order chi connectivity index (χ0) is 15.4. The Bertz CT molecular complexity index is 533. The van der Waals surface area contributed by atoms with Crippen LogP contribution in [0.1, 0.15) is 29.3 Å². The van der Waals surface area contributed by atoms with Crippen molar-refractivity contribution in [2.45, 2.75) is 13.3 Å². The fourth-order valence-electron chi connectivity index (χ4n) is 2.31. The molecule has 2 amide bonds. The lowest BCUT2D eigenvalue weighted by molar-refractivity contribution is -0.121. The predicted octanol–water partition coefficient (Wildman–Crippen LogP) is 1.25. The summed E-state index contributed by atoms with van der Waals surface area (Å²) in [6.07, 6.45) is 0.640. The Hall–Kier alpha value is -2.14. The SMILES string of the molecule is C=C1c2ccccc2C(=O)N1CC(=O)NCC(C)CCO. The molecule has 0 bridgehead atoms. The molecule has 0 radical (unpaired) electrons. The smallest absolute Gasteiger partial charge is 0.259 e. The van der Waals surface area contributed by atoms with Gasteiger partial charge in [0.05, 0.1) is 0 Å². The number of amides is 2. The Balaban J connectivity index is 1.94. The molecule has 0 fully saturated rings. The van der Waals surface area contributed by atoms with E-state index in [9.17, 15) is 9.59 Å². The summed E-state index contributed by atoms with van der Waals surface area (Å²) in [5.74, 6) is -0.204. The Morgan fingerprint density at radius 2 is 2.05 bits per heavy atom. The van der Waals surface area contributed by atoms with Gasteiger partial charge in [-0.25, -0.2) is 0 Å². The van der Waals surface area contributed by atoms with Crippen LogP contribution in [0.25, 0.3) is 5.70 Å². The molecule has 5 heteroatoms. The van der Waals surface area contributed by atoms with Gasteiger partial charge in [-0.3, -0.25) is 14.5 Å². The maximum absolute atomic E-state index is 12.2. The number of nitrogens with zero attached hydrogens (tertiary/aromatic N) is 1. The summed E-state index contributed by atoms with van der Waals surface area (Å²) < 4.78 is 0. The average molecular weight is 288 g/mol. The van der Waals surface area contributed by atoms with Crippen LogP contribution in [0.3, 0.4) is 0 Å². The molecule has 1 aromatic carbocycles. The fraction of sp³-hybridized carbons (Fsp3) is 0.375. The van der Waals surface area contributed by atoms with Crippen molar-refractivity contribution in [1.29, 1.82) is 0 Å². The van der Waals surface area contributed by atoms with E-state index in [1.54, 1.807) is 12.1 Å². The number of hydrogen-bond donors (Lipinski definition) is 2. The van der Waals surface area contributed by atoms with Crippen LogP contribution >= 0.6 is 0 Å². The minimum absolute atomic E-state index is 0.0296. The van der Waals surface area contributed by atoms with Crippen LogP contribution < -0.4 is 5.32 Å². The Kier molecular flexibility index (Phi) is 4.75. The molecule has 0 aliphatic carbocycles. The van der Waals surface area contributed by atoms with E-state index in [1.807, 2.05) is 19.1 Å². The van der Waals surface area contributed by atoms with E-state index in [4.69, 9.17) is 5.11 Å². The van der Waals surface area contributed by atoms with E-state index >= 15 is 0 Å². The van der Waals surface area contributed by atoms with Crippen molar-refractivity contribution in [3.63, 3.8) is 0 Å². The molecule has 0 saturated heterocycles. The molecule has 2 rings (SSSR count). The highest BCUT2D eigenvalue weighted by Gasteiger charge is 2.31. The molecule has 0 saturated carbocycles.